The molecule has 2 N–H and O–H groups in total. The maximum absolute atomic E-state index is 12.6. The van der Waals surface area contributed by atoms with Gasteiger partial charge in [-0.2, -0.15) is 0 Å². The molecule has 0 radical (unpaired) electrons. The monoisotopic (exact) mass is 276 g/mol. The number of benzene rings is 1. The summed E-state index contributed by atoms with van der Waals surface area (Å²) >= 11 is 0. The van der Waals surface area contributed by atoms with Crippen LogP contribution >= 0.6 is 0 Å². The van der Waals surface area contributed by atoms with Crippen molar-refractivity contribution in [1.29, 1.82) is 0 Å². The van der Waals surface area contributed by atoms with E-state index in [4.69, 9.17) is 5.73 Å². The van der Waals surface area contributed by atoms with Gasteiger partial charge in [0.1, 0.15) is 0 Å². The first kappa shape index (κ1) is 16.7. The molecule has 0 bridgehead atoms. The van der Waals surface area contributed by atoms with Gasteiger partial charge >= 0.3 is 0 Å². The fourth-order valence-corrected chi connectivity index (χ4v) is 2.14. The third-order valence-electron chi connectivity index (χ3n) is 4.14. The maximum Gasteiger partial charge on any atom is 0.240 e. The number of nitrogens with two attached hydrogens (primary N) is 1. The van der Waals surface area contributed by atoms with Crippen molar-refractivity contribution in [3.8, 4) is 0 Å². The molecule has 0 heterocycles. The van der Waals surface area contributed by atoms with Gasteiger partial charge in [-0.1, -0.05) is 57.5 Å². The molecule has 1 amide bonds. The number of carbonyl (C=O) groups is 1. The van der Waals surface area contributed by atoms with Crippen molar-refractivity contribution in [2.75, 3.05) is 0 Å². The molecule has 20 heavy (non-hydrogen) atoms. The van der Waals surface area contributed by atoms with Crippen LogP contribution in [-0.4, -0.2) is 22.9 Å². The Bertz CT molecular complexity index is 405. The molecule has 0 saturated carbocycles. The Balaban J connectivity index is 2.87. The molecule has 1 aromatic carbocycles. The topological polar surface area (TPSA) is 46.3 Å². The smallest absolute Gasteiger partial charge is 0.240 e. The highest BCUT2D eigenvalue weighted by atomic mass is 16.2. The van der Waals surface area contributed by atoms with E-state index in [1.807, 2.05) is 30.0 Å². The number of hydrogen-bond donors (Lipinski definition) is 1. The fourth-order valence-electron chi connectivity index (χ4n) is 2.14. The van der Waals surface area contributed by atoms with Crippen LogP contribution in [0.3, 0.4) is 0 Å². The van der Waals surface area contributed by atoms with E-state index in [9.17, 15) is 4.79 Å². The van der Waals surface area contributed by atoms with Crippen molar-refractivity contribution >= 4 is 5.91 Å². The Morgan fingerprint density at radius 2 is 1.75 bits per heavy atom. The minimum atomic E-state index is -0.405. The Morgan fingerprint density at radius 3 is 2.25 bits per heavy atom. The second-order valence-corrected chi connectivity index (χ2v) is 5.62. The van der Waals surface area contributed by atoms with E-state index in [1.54, 1.807) is 0 Å². The molecule has 0 spiro atoms. The summed E-state index contributed by atoms with van der Waals surface area (Å²) < 4.78 is 0. The van der Waals surface area contributed by atoms with Crippen LogP contribution in [0.5, 0.6) is 0 Å². The van der Waals surface area contributed by atoms with Crippen molar-refractivity contribution in [1.82, 2.24) is 4.90 Å². The molecule has 0 aliphatic heterocycles. The Kier molecular flexibility index (Phi) is 6.73. The Morgan fingerprint density at radius 1 is 1.15 bits per heavy atom. The first-order valence-corrected chi connectivity index (χ1v) is 7.61. The summed E-state index contributed by atoms with van der Waals surface area (Å²) in [6.45, 7) is 8.94. The average Bonchev–Trinajstić information content (AvgIpc) is 2.50. The van der Waals surface area contributed by atoms with Crippen LogP contribution in [0.25, 0.3) is 0 Å². The quantitative estimate of drug-likeness (QED) is 0.831. The van der Waals surface area contributed by atoms with Crippen LogP contribution in [0.4, 0.5) is 0 Å². The number of rotatable bonds is 7. The second-order valence-electron chi connectivity index (χ2n) is 5.62. The van der Waals surface area contributed by atoms with Gasteiger partial charge in [-0.15, -0.1) is 0 Å². The standard InChI is InChI=1S/C17H28N2O/c1-5-13(3)16(18)17(20)19(14(4)6-2)12-15-10-8-7-9-11-15/h7-11,13-14,16H,5-6,12,18H2,1-4H3. The van der Waals surface area contributed by atoms with Gasteiger partial charge in [-0.25, -0.2) is 0 Å². The molecular weight excluding hydrogens is 248 g/mol. The molecule has 112 valence electrons. The van der Waals surface area contributed by atoms with E-state index in [-0.39, 0.29) is 17.9 Å². The predicted octanol–water partition coefficient (Wildman–Crippen LogP) is 3.19. The second kappa shape index (κ2) is 8.05. The van der Waals surface area contributed by atoms with Crippen molar-refractivity contribution in [2.24, 2.45) is 11.7 Å². The van der Waals surface area contributed by atoms with E-state index in [2.05, 4.69) is 32.9 Å². The molecule has 0 aliphatic carbocycles. The normalized spacial score (nSPS) is 15.4. The van der Waals surface area contributed by atoms with Gasteiger partial charge in [0, 0.05) is 12.6 Å². The lowest BCUT2D eigenvalue weighted by atomic mass is 9.97. The van der Waals surface area contributed by atoms with Gasteiger partial charge in [0.2, 0.25) is 5.91 Å². The summed E-state index contributed by atoms with van der Waals surface area (Å²) in [7, 11) is 0. The highest BCUT2D eigenvalue weighted by Crippen LogP contribution is 2.15. The Hall–Kier alpha value is -1.35. The molecule has 3 atom stereocenters. The zero-order chi connectivity index (χ0) is 15.1. The van der Waals surface area contributed by atoms with Crippen LogP contribution in [0.15, 0.2) is 30.3 Å². The lowest BCUT2D eigenvalue weighted by Gasteiger charge is -2.32. The van der Waals surface area contributed by atoms with Crippen LogP contribution < -0.4 is 5.73 Å². The van der Waals surface area contributed by atoms with Gasteiger partial charge < -0.3 is 10.6 Å². The molecule has 1 rings (SSSR count). The molecule has 3 nitrogen and oxygen atoms in total. The summed E-state index contributed by atoms with van der Waals surface area (Å²) in [6.07, 6.45) is 1.86. The van der Waals surface area contributed by atoms with Gasteiger partial charge in [0.15, 0.2) is 0 Å². The van der Waals surface area contributed by atoms with Gasteiger partial charge in [-0.05, 0) is 24.8 Å². The molecular formula is C17H28N2O. The summed E-state index contributed by atoms with van der Waals surface area (Å²) in [6, 6.07) is 9.90. The number of carbonyl (C=O) groups excluding carboxylic acids is 1. The highest BCUT2D eigenvalue weighted by Gasteiger charge is 2.27. The summed E-state index contributed by atoms with van der Waals surface area (Å²) in [4.78, 5) is 14.6. The fraction of sp³-hybridized carbons (Fsp3) is 0.588. The third-order valence-corrected chi connectivity index (χ3v) is 4.14. The van der Waals surface area contributed by atoms with Crippen molar-refractivity contribution in [2.45, 2.75) is 59.2 Å². The summed E-state index contributed by atoms with van der Waals surface area (Å²) in [5.41, 5.74) is 7.28. The van der Waals surface area contributed by atoms with E-state index in [0.717, 1.165) is 18.4 Å². The van der Waals surface area contributed by atoms with Crippen molar-refractivity contribution < 1.29 is 4.79 Å². The highest BCUT2D eigenvalue weighted by molar-refractivity contribution is 5.82. The largest absolute Gasteiger partial charge is 0.334 e. The van der Waals surface area contributed by atoms with Crippen molar-refractivity contribution in [3.63, 3.8) is 0 Å². The first-order valence-electron chi connectivity index (χ1n) is 7.61. The van der Waals surface area contributed by atoms with Gasteiger partial charge in [0.25, 0.3) is 0 Å². The summed E-state index contributed by atoms with van der Waals surface area (Å²) in [5.74, 6) is 0.280. The molecule has 0 aromatic heterocycles. The lowest BCUT2D eigenvalue weighted by Crippen LogP contribution is -2.49. The molecule has 0 saturated heterocycles. The molecule has 3 unspecified atom stereocenters. The van der Waals surface area contributed by atoms with Gasteiger partial charge in [0.05, 0.1) is 6.04 Å². The van der Waals surface area contributed by atoms with E-state index in [0.29, 0.717) is 6.54 Å². The van der Waals surface area contributed by atoms with Crippen LogP contribution in [0, 0.1) is 5.92 Å². The zero-order valence-electron chi connectivity index (χ0n) is 13.2. The predicted molar refractivity (Wildman–Crippen MR) is 84.2 cm³/mol. The van der Waals surface area contributed by atoms with Crippen LogP contribution in [0.2, 0.25) is 0 Å². The Labute approximate surface area is 123 Å². The van der Waals surface area contributed by atoms with Crippen molar-refractivity contribution in [3.05, 3.63) is 35.9 Å². The minimum Gasteiger partial charge on any atom is -0.334 e. The number of hydrogen-bond acceptors (Lipinski definition) is 2. The average molecular weight is 276 g/mol. The zero-order valence-corrected chi connectivity index (χ0v) is 13.2. The minimum absolute atomic E-state index is 0.0672. The molecule has 3 heteroatoms. The molecule has 0 fully saturated rings. The van der Waals surface area contributed by atoms with Crippen LogP contribution in [-0.2, 0) is 11.3 Å². The maximum atomic E-state index is 12.6. The molecule has 1 aromatic rings. The number of amides is 1. The number of nitrogens with zero attached hydrogens (tertiary/aromatic N) is 1. The first-order chi connectivity index (χ1) is 9.51. The lowest BCUT2D eigenvalue weighted by molar-refractivity contribution is -0.136. The SMILES string of the molecule is CCC(C)C(N)C(=O)N(Cc1ccccc1)C(C)CC. The third kappa shape index (κ3) is 4.34. The van der Waals surface area contributed by atoms with Crippen LogP contribution in [0.1, 0.15) is 46.1 Å². The summed E-state index contributed by atoms with van der Waals surface area (Å²) in [5, 5.41) is 0. The van der Waals surface area contributed by atoms with Gasteiger partial charge in [-0.3, -0.25) is 4.79 Å². The molecule has 0 aliphatic rings. The van der Waals surface area contributed by atoms with E-state index < -0.39 is 6.04 Å². The van der Waals surface area contributed by atoms with E-state index in [1.165, 1.54) is 0 Å². The van der Waals surface area contributed by atoms with E-state index >= 15 is 0 Å².